The topological polar surface area (TPSA) is 71.9 Å². The number of carbonyl (C=O) groups excluding carboxylic acids is 1. The van der Waals surface area contributed by atoms with Crippen LogP contribution in [-0.4, -0.2) is 37.8 Å². The summed E-state index contributed by atoms with van der Waals surface area (Å²) in [6.45, 7) is 0.480. The molecule has 4 aromatic rings. The van der Waals surface area contributed by atoms with Gasteiger partial charge in [-0.15, -0.1) is 0 Å². The van der Waals surface area contributed by atoms with Gasteiger partial charge in [-0.25, -0.2) is 9.97 Å². The van der Waals surface area contributed by atoms with Gasteiger partial charge in [-0.1, -0.05) is 18.2 Å². The van der Waals surface area contributed by atoms with Crippen molar-refractivity contribution < 1.29 is 4.79 Å². The molecule has 0 radical (unpaired) electrons. The van der Waals surface area contributed by atoms with Gasteiger partial charge in [-0.2, -0.15) is 0 Å². The predicted octanol–water partition coefficient (Wildman–Crippen LogP) is 3.36. The minimum Gasteiger partial charge on any atom is -0.337 e. The van der Waals surface area contributed by atoms with Crippen molar-refractivity contribution in [2.75, 3.05) is 7.05 Å². The van der Waals surface area contributed by atoms with E-state index >= 15 is 0 Å². The van der Waals surface area contributed by atoms with E-state index in [1.807, 2.05) is 42.5 Å². The molecule has 0 spiro atoms. The summed E-state index contributed by atoms with van der Waals surface area (Å²) >= 11 is 0. The Labute approximate surface area is 156 Å². The second-order valence-electron chi connectivity index (χ2n) is 6.18. The first-order chi connectivity index (χ1) is 13.2. The summed E-state index contributed by atoms with van der Waals surface area (Å²) < 4.78 is 0. The molecule has 132 valence electrons. The van der Waals surface area contributed by atoms with Crippen molar-refractivity contribution in [1.82, 2.24) is 24.8 Å². The molecule has 6 nitrogen and oxygen atoms in total. The Morgan fingerprint density at radius 3 is 2.48 bits per heavy atom. The average Bonchev–Trinajstić information content (AvgIpc) is 2.74. The third-order valence-electron chi connectivity index (χ3n) is 4.33. The molecule has 3 heterocycles. The maximum Gasteiger partial charge on any atom is 0.257 e. The van der Waals surface area contributed by atoms with Crippen LogP contribution in [0.5, 0.6) is 0 Å². The van der Waals surface area contributed by atoms with E-state index in [4.69, 9.17) is 0 Å². The van der Waals surface area contributed by atoms with E-state index < -0.39 is 0 Å². The highest BCUT2D eigenvalue weighted by atomic mass is 16.2. The fourth-order valence-corrected chi connectivity index (χ4v) is 2.94. The van der Waals surface area contributed by atoms with Crippen LogP contribution < -0.4 is 0 Å². The number of rotatable bonds is 4. The van der Waals surface area contributed by atoms with Crippen LogP contribution in [0, 0.1) is 0 Å². The summed E-state index contributed by atoms with van der Waals surface area (Å²) in [5.74, 6) is 0.439. The van der Waals surface area contributed by atoms with Gasteiger partial charge in [0.2, 0.25) is 0 Å². The standard InChI is InChI=1S/C21H17N5O/c1-26(14-16-4-2-6-19-18(16)5-3-9-23-19)21(27)17-12-24-20(25-13-17)15-7-10-22-11-8-15/h2-13H,14H2,1H3. The molecule has 0 atom stereocenters. The monoisotopic (exact) mass is 355 g/mol. The molecule has 6 heteroatoms. The van der Waals surface area contributed by atoms with Crippen molar-refractivity contribution in [2.24, 2.45) is 0 Å². The Balaban J connectivity index is 1.54. The fraction of sp³-hybridized carbons (Fsp3) is 0.0952. The van der Waals surface area contributed by atoms with Crippen LogP contribution in [0.15, 0.2) is 73.4 Å². The van der Waals surface area contributed by atoms with E-state index in [1.165, 1.54) is 0 Å². The van der Waals surface area contributed by atoms with Gasteiger partial charge in [-0.3, -0.25) is 14.8 Å². The molecular weight excluding hydrogens is 338 g/mol. The zero-order valence-electron chi connectivity index (χ0n) is 14.8. The summed E-state index contributed by atoms with van der Waals surface area (Å²) in [6, 6.07) is 13.5. The Kier molecular flexibility index (Phi) is 4.53. The molecule has 3 aromatic heterocycles. The molecule has 0 unspecified atom stereocenters. The van der Waals surface area contributed by atoms with Gasteiger partial charge in [0.25, 0.3) is 5.91 Å². The van der Waals surface area contributed by atoms with E-state index in [9.17, 15) is 4.79 Å². The van der Waals surface area contributed by atoms with Gasteiger partial charge in [0.1, 0.15) is 0 Å². The van der Waals surface area contributed by atoms with Crippen molar-refractivity contribution in [3.63, 3.8) is 0 Å². The molecule has 27 heavy (non-hydrogen) atoms. The van der Waals surface area contributed by atoms with Crippen molar-refractivity contribution in [1.29, 1.82) is 0 Å². The minimum atomic E-state index is -0.128. The van der Waals surface area contributed by atoms with Crippen LogP contribution in [-0.2, 0) is 6.54 Å². The third kappa shape index (κ3) is 3.50. The van der Waals surface area contributed by atoms with Gasteiger partial charge in [-0.05, 0) is 29.8 Å². The van der Waals surface area contributed by atoms with Gasteiger partial charge in [0, 0.05) is 55.5 Å². The number of amides is 1. The third-order valence-corrected chi connectivity index (χ3v) is 4.33. The molecule has 1 aromatic carbocycles. The van der Waals surface area contributed by atoms with Gasteiger partial charge >= 0.3 is 0 Å². The van der Waals surface area contributed by atoms with E-state index in [2.05, 4.69) is 19.9 Å². The van der Waals surface area contributed by atoms with Crippen molar-refractivity contribution in [3.05, 3.63) is 84.6 Å². The summed E-state index contributed by atoms with van der Waals surface area (Å²) in [4.78, 5) is 31.4. The lowest BCUT2D eigenvalue weighted by Gasteiger charge is -2.18. The molecule has 0 aliphatic rings. The molecule has 0 saturated heterocycles. The number of carbonyl (C=O) groups is 1. The number of fused-ring (bicyclic) bond motifs is 1. The van der Waals surface area contributed by atoms with E-state index in [0.29, 0.717) is 17.9 Å². The van der Waals surface area contributed by atoms with Crippen molar-refractivity contribution >= 4 is 16.8 Å². The van der Waals surface area contributed by atoms with Crippen LogP contribution in [0.2, 0.25) is 0 Å². The van der Waals surface area contributed by atoms with Crippen LogP contribution in [0.1, 0.15) is 15.9 Å². The molecule has 1 amide bonds. The van der Waals surface area contributed by atoms with Crippen LogP contribution >= 0.6 is 0 Å². The number of nitrogens with zero attached hydrogens (tertiary/aromatic N) is 5. The number of hydrogen-bond donors (Lipinski definition) is 0. The quantitative estimate of drug-likeness (QED) is 0.561. The molecule has 0 N–H and O–H groups in total. The van der Waals surface area contributed by atoms with E-state index in [0.717, 1.165) is 22.0 Å². The lowest BCUT2D eigenvalue weighted by atomic mass is 10.1. The molecule has 0 aliphatic carbocycles. The van der Waals surface area contributed by atoms with E-state index in [1.54, 1.807) is 42.9 Å². The van der Waals surface area contributed by atoms with Gasteiger partial charge in [0.05, 0.1) is 11.1 Å². The highest BCUT2D eigenvalue weighted by Crippen LogP contribution is 2.19. The first-order valence-electron chi connectivity index (χ1n) is 8.53. The Morgan fingerprint density at radius 1 is 0.926 bits per heavy atom. The number of benzene rings is 1. The lowest BCUT2D eigenvalue weighted by molar-refractivity contribution is 0.0785. The predicted molar refractivity (Wildman–Crippen MR) is 103 cm³/mol. The van der Waals surface area contributed by atoms with Crippen molar-refractivity contribution in [2.45, 2.75) is 6.54 Å². The van der Waals surface area contributed by atoms with Gasteiger partial charge < -0.3 is 4.90 Å². The summed E-state index contributed by atoms with van der Waals surface area (Å²) in [5.41, 5.74) is 3.28. The Bertz CT molecular complexity index is 1080. The van der Waals surface area contributed by atoms with Crippen LogP contribution in [0.3, 0.4) is 0 Å². The zero-order valence-corrected chi connectivity index (χ0v) is 14.8. The van der Waals surface area contributed by atoms with E-state index in [-0.39, 0.29) is 5.91 Å². The smallest absolute Gasteiger partial charge is 0.257 e. The largest absolute Gasteiger partial charge is 0.337 e. The molecule has 4 rings (SSSR count). The maximum atomic E-state index is 12.8. The Morgan fingerprint density at radius 2 is 1.70 bits per heavy atom. The van der Waals surface area contributed by atoms with Crippen LogP contribution in [0.4, 0.5) is 0 Å². The second-order valence-corrected chi connectivity index (χ2v) is 6.18. The fourth-order valence-electron chi connectivity index (χ4n) is 2.94. The molecular formula is C21H17N5O. The number of hydrogen-bond acceptors (Lipinski definition) is 5. The SMILES string of the molecule is CN(Cc1cccc2ncccc12)C(=O)c1cnc(-c2ccncc2)nc1. The normalized spacial score (nSPS) is 10.7. The first kappa shape index (κ1) is 16.8. The number of pyridine rings is 2. The average molecular weight is 355 g/mol. The minimum absolute atomic E-state index is 0.128. The lowest BCUT2D eigenvalue weighted by Crippen LogP contribution is -2.26. The van der Waals surface area contributed by atoms with Crippen molar-refractivity contribution in [3.8, 4) is 11.4 Å². The summed E-state index contributed by atoms with van der Waals surface area (Å²) in [5, 5.41) is 1.05. The van der Waals surface area contributed by atoms with Crippen LogP contribution in [0.25, 0.3) is 22.3 Å². The molecule has 0 aliphatic heterocycles. The van der Waals surface area contributed by atoms with Gasteiger partial charge in [0.15, 0.2) is 5.82 Å². The molecule has 0 fully saturated rings. The second kappa shape index (κ2) is 7.29. The Hall–Kier alpha value is -3.67. The first-order valence-corrected chi connectivity index (χ1v) is 8.53. The highest BCUT2D eigenvalue weighted by Gasteiger charge is 2.15. The summed E-state index contributed by atoms with van der Waals surface area (Å²) in [6.07, 6.45) is 8.26. The number of aromatic nitrogens is 4. The highest BCUT2D eigenvalue weighted by molar-refractivity contribution is 5.94. The zero-order chi connectivity index (χ0) is 18.6. The molecule has 0 bridgehead atoms. The molecule has 0 saturated carbocycles. The maximum absolute atomic E-state index is 12.8. The summed E-state index contributed by atoms with van der Waals surface area (Å²) in [7, 11) is 1.77.